The number of aromatic nitrogens is 7. The van der Waals surface area contributed by atoms with Crippen LogP contribution >= 0.6 is 11.3 Å². The summed E-state index contributed by atoms with van der Waals surface area (Å²) >= 11 is -0.315. The molecule has 0 saturated heterocycles. The molecule has 5 aromatic rings. The lowest BCUT2D eigenvalue weighted by Gasteiger charge is -2.22. The monoisotopic (exact) mass is 616 g/mol. The molecule has 14 heteroatoms. The summed E-state index contributed by atoms with van der Waals surface area (Å²) in [5.74, 6) is 0.357. The molecule has 5 heterocycles. The van der Waals surface area contributed by atoms with E-state index >= 15 is 0 Å². The lowest BCUT2D eigenvalue weighted by Crippen LogP contribution is -2.33. The SMILES string of the molecule is CCN(CC)c1cc2cnc(Nc3ccc(C4=CCNCC4)cc3)nc2n(Cc2nnn(C)c2[S+]([O-])c2nccs2)c1=O. The standard InChI is InChI=1S/C29H32N10O2S2/c1-4-38(5-2)24-16-21-17-32-28(33-22-8-6-19(7-9-22)20-10-12-30-13-11-20)34-25(21)39(26(24)40)18-23-27(37(3)36-35-23)43(41)29-31-14-15-42-29/h6-10,14-17,30H,4-5,11-13,18H2,1-3H3,(H,32,33,34). The smallest absolute Gasteiger partial charge is 0.308 e. The molecule has 1 aliphatic rings. The van der Waals surface area contributed by atoms with Crippen molar-refractivity contribution in [2.24, 2.45) is 7.05 Å². The molecular formula is C29H32N10O2S2. The molecular weight excluding hydrogens is 585 g/mol. The Morgan fingerprint density at radius 2 is 2.00 bits per heavy atom. The van der Waals surface area contributed by atoms with Crippen molar-refractivity contribution in [1.29, 1.82) is 0 Å². The van der Waals surface area contributed by atoms with Gasteiger partial charge < -0.3 is 20.1 Å². The van der Waals surface area contributed by atoms with Gasteiger partial charge in [-0.05, 0) is 56.1 Å². The second kappa shape index (κ2) is 12.6. The highest BCUT2D eigenvalue weighted by molar-refractivity contribution is 7.93. The van der Waals surface area contributed by atoms with E-state index in [1.807, 2.05) is 36.9 Å². The third-order valence-corrected chi connectivity index (χ3v) is 9.96. The van der Waals surface area contributed by atoms with Crippen molar-refractivity contribution >= 4 is 56.4 Å². The number of pyridine rings is 1. The predicted octanol–water partition coefficient (Wildman–Crippen LogP) is 3.56. The summed E-state index contributed by atoms with van der Waals surface area (Å²) in [5.41, 5.74) is 4.52. The van der Waals surface area contributed by atoms with Crippen molar-refractivity contribution in [3.63, 3.8) is 0 Å². The minimum atomic E-state index is -1.61. The van der Waals surface area contributed by atoms with Crippen molar-refractivity contribution in [2.45, 2.75) is 36.2 Å². The fourth-order valence-corrected chi connectivity index (χ4v) is 7.21. The van der Waals surface area contributed by atoms with Crippen LogP contribution in [0, 0.1) is 0 Å². The molecule has 0 aliphatic carbocycles. The van der Waals surface area contributed by atoms with E-state index in [9.17, 15) is 9.35 Å². The van der Waals surface area contributed by atoms with Gasteiger partial charge in [-0.25, -0.2) is 9.67 Å². The number of rotatable bonds is 10. The highest BCUT2D eigenvalue weighted by Gasteiger charge is 2.29. The van der Waals surface area contributed by atoms with Gasteiger partial charge in [0.05, 0.1) is 17.7 Å². The molecule has 6 rings (SSSR count). The second-order valence-corrected chi connectivity index (χ2v) is 12.4. The highest BCUT2D eigenvalue weighted by Crippen LogP contribution is 2.27. The van der Waals surface area contributed by atoms with E-state index in [1.165, 1.54) is 27.2 Å². The van der Waals surface area contributed by atoms with E-state index in [2.05, 4.69) is 49.1 Å². The van der Waals surface area contributed by atoms with Gasteiger partial charge in [0, 0.05) is 55.5 Å². The Morgan fingerprint density at radius 3 is 2.70 bits per heavy atom. The number of benzene rings is 1. The number of hydrogen-bond acceptors (Lipinski definition) is 11. The van der Waals surface area contributed by atoms with Crippen molar-refractivity contribution < 1.29 is 4.55 Å². The molecule has 43 heavy (non-hydrogen) atoms. The minimum absolute atomic E-state index is 0.0276. The molecule has 0 radical (unpaired) electrons. The maximum absolute atomic E-state index is 14.0. The van der Waals surface area contributed by atoms with E-state index in [0.29, 0.717) is 50.8 Å². The lowest BCUT2D eigenvalue weighted by atomic mass is 10.0. The first-order valence-electron chi connectivity index (χ1n) is 14.1. The fourth-order valence-electron chi connectivity index (χ4n) is 5.17. The maximum Gasteiger partial charge on any atom is 0.308 e. The third-order valence-electron chi connectivity index (χ3n) is 7.38. The van der Waals surface area contributed by atoms with E-state index in [1.54, 1.807) is 29.4 Å². The number of anilines is 3. The number of fused-ring (bicyclic) bond motifs is 1. The van der Waals surface area contributed by atoms with E-state index in [0.717, 1.165) is 25.2 Å². The van der Waals surface area contributed by atoms with Gasteiger partial charge in [0.15, 0.2) is 5.69 Å². The molecule has 2 N–H and O–H groups in total. The van der Waals surface area contributed by atoms with Crippen molar-refractivity contribution in [2.75, 3.05) is 36.4 Å². The molecule has 0 bridgehead atoms. The van der Waals surface area contributed by atoms with Gasteiger partial charge in [-0.1, -0.05) is 34.8 Å². The average molecular weight is 617 g/mol. The van der Waals surface area contributed by atoms with Gasteiger partial charge >= 0.3 is 4.34 Å². The molecule has 222 valence electrons. The molecule has 0 fully saturated rings. The molecule has 1 aromatic carbocycles. The molecule has 1 unspecified atom stereocenters. The number of nitrogens with zero attached hydrogens (tertiary/aromatic N) is 8. The van der Waals surface area contributed by atoms with E-state index in [-0.39, 0.29) is 12.1 Å². The van der Waals surface area contributed by atoms with Gasteiger partial charge in [-0.2, -0.15) is 9.97 Å². The lowest BCUT2D eigenvalue weighted by molar-refractivity contribution is 0.570. The van der Waals surface area contributed by atoms with Gasteiger partial charge in [0.25, 0.3) is 10.6 Å². The van der Waals surface area contributed by atoms with E-state index < -0.39 is 11.2 Å². The largest absolute Gasteiger partial charge is 0.603 e. The van der Waals surface area contributed by atoms with Crippen LogP contribution in [-0.2, 0) is 24.8 Å². The Bertz CT molecular complexity index is 1810. The summed E-state index contributed by atoms with van der Waals surface area (Å²) in [6.07, 6.45) is 6.54. The zero-order valence-electron chi connectivity index (χ0n) is 24.1. The zero-order valence-corrected chi connectivity index (χ0v) is 25.8. The van der Waals surface area contributed by atoms with Crippen LogP contribution in [0.15, 0.2) is 68.3 Å². The molecule has 0 saturated carbocycles. The molecule has 12 nitrogen and oxygen atoms in total. The first-order valence-corrected chi connectivity index (χ1v) is 16.1. The van der Waals surface area contributed by atoms with Gasteiger partial charge in [0.2, 0.25) is 5.95 Å². The number of hydrogen-bond donors (Lipinski definition) is 2. The van der Waals surface area contributed by atoms with Crippen molar-refractivity contribution in [3.05, 3.63) is 75.8 Å². The van der Waals surface area contributed by atoms with Crippen LogP contribution in [0.25, 0.3) is 16.6 Å². The van der Waals surface area contributed by atoms with Crippen molar-refractivity contribution in [1.82, 2.24) is 39.8 Å². The van der Waals surface area contributed by atoms with Gasteiger partial charge in [-0.3, -0.25) is 9.36 Å². The molecule has 0 spiro atoms. The highest BCUT2D eigenvalue weighted by atomic mass is 32.2. The molecule has 0 amide bonds. The summed E-state index contributed by atoms with van der Waals surface area (Å²) in [7, 11) is 1.68. The fraction of sp³-hybridized carbons (Fsp3) is 0.310. The minimum Gasteiger partial charge on any atom is -0.603 e. The second-order valence-electron chi connectivity index (χ2n) is 9.98. The van der Waals surface area contributed by atoms with Crippen LogP contribution in [-0.4, -0.2) is 65.2 Å². The van der Waals surface area contributed by atoms with Crippen LogP contribution in [0.4, 0.5) is 17.3 Å². The van der Waals surface area contributed by atoms with Crippen LogP contribution < -0.4 is 21.1 Å². The maximum atomic E-state index is 14.0. The van der Waals surface area contributed by atoms with Crippen LogP contribution in [0.1, 0.15) is 31.5 Å². The summed E-state index contributed by atoms with van der Waals surface area (Å²) in [6, 6.07) is 10.0. The van der Waals surface area contributed by atoms with Gasteiger partial charge in [-0.15, -0.1) is 5.10 Å². The van der Waals surface area contributed by atoms with Crippen LogP contribution in [0.2, 0.25) is 0 Å². The summed E-state index contributed by atoms with van der Waals surface area (Å²) in [5, 5.41) is 17.9. The number of nitrogens with one attached hydrogen (secondary N) is 2. The summed E-state index contributed by atoms with van der Waals surface area (Å²) < 4.78 is 16.9. The Hall–Kier alpha value is -4.11. The Labute approximate surface area is 255 Å². The first kappa shape index (κ1) is 29.0. The third kappa shape index (κ3) is 5.91. The van der Waals surface area contributed by atoms with Crippen LogP contribution in [0.5, 0.6) is 0 Å². The van der Waals surface area contributed by atoms with Crippen molar-refractivity contribution in [3.8, 4) is 0 Å². The number of thiazole rings is 1. The summed E-state index contributed by atoms with van der Waals surface area (Å²) in [6.45, 7) is 7.22. The summed E-state index contributed by atoms with van der Waals surface area (Å²) in [4.78, 5) is 29.6. The topological polar surface area (TPSA) is 142 Å². The van der Waals surface area contributed by atoms with Crippen LogP contribution in [0.3, 0.4) is 0 Å². The van der Waals surface area contributed by atoms with Gasteiger partial charge in [0.1, 0.15) is 11.3 Å². The Morgan fingerprint density at radius 1 is 1.19 bits per heavy atom. The number of aryl methyl sites for hydroxylation is 1. The van der Waals surface area contributed by atoms with E-state index in [4.69, 9.17) is 4.98 Å². The first-order chi connectivity index (χ1) is 21.0. The zero-order chi connectivity index (χ0) is 29.9. The molecule has 1 aliphatic heterocycles. The normalized spacial score (nSPS) is 14.1. The quantitative estimate of drug-likeness (QED) is 0.224. The predicted molar refractivity (Wildman–Crippen MR) is 169 cm³/mol. The molecule has 1 atom stereocenters. The Balaban J connectivity index is 1.39. The average Bonchev–Trinajstić information content (AvgIpc) is 3.71. The molecule has 4 aromatic heterocycles. The Kier molecular flexibility index (Phi) is 8.51.